The summed E-state index contributed by atoms with van der Waals surface area (Å²) in [5, 5.41) is 8.02. The van der Waals surface area contributed by atoms with E-state index in [0.29, 0.717) is 5.82 Å². The molecule has 1 atom stereocenters. The van der Waals surface area contributed by atoms with E-state index in [1.165, 1.54) is 0 Å². The second kappa shape index (κ2) is 2.99. The summed E-state index contributed by atoms with van der Waals surface area (Å²) in [6, 6.07) is 7.69. The minimum atomic E-state index is -0.422. The first-order valence-electron chi connectivity index (χ1n) is 4.65. The number of fused-ring (bicyclic) bond motifs is 3. The van der Waals surface area contributed by atoms with Crippen molar-refractivity contribution in [3.05, 3.63) is 42.4 Å². The highest BCUT2D eigenvalue weighted by atomic mass is 15.3. The Kier molecular flexibility index (Phi) is 1.66. The summed E-state index contributed by atoms with van der Waals surface area (Å²) in [6.45, 7) is 0. The van der Waals surface area contributed by atoms with Crippen molar-refractivity contribution in [2.24, 2.45) is 16.0 Å². The van der Waals surface area contributed by atoms with Crippen LogP contribution in [-0.2, 0) is 0 Å². The van der Waals surface area contributed by atoms with E-state index in [0.717, 1.165) is 11.4 Å². The van der Waals surface area contributed by atoms with E-state index >= 15 is 0 Å². The van der Waals surface area contributed by atoms with E-state index in [1.54, 1.807) is 6.20 Å². The van der Waals surface area contributed by atoms with Gasteiger partial charge in [-0.25, -0.2) is 4.98 Å². The predicted molar refractivity (Wildman–Crippen MR) is 55.0 cm³/mol. The van der Waals surface area contributed by atoms with E-state index in [2.05, 4.69) is 15.2 Å². The smallest absolute Gasteiger partial charge is 0.198 e. The zero-order valence-electron chi connectivity index (χ0n) is 7.91. The molecule has 0 saturated carbocycles. The molecule has 2 N–H and O–H groups in total. The number of pyridine rings is 1. The number of hydrogen-bond donors (Lipinski definition) is 1. The molecule has 0 amide bonds. The Morgan fingerprint density at radius 3 is 3.13 bits per heavy atom. The fourth-order valence-electron chi connectivity index (χ4n) is 1.68. The molecule has 3 rings (SSSR count). The highest BCUT2D eigenvalue weighted by Crippen LogP contribution is 2.29. The van der Waals surface area contributed by atoms with E-state index in [-0.39, 0.29) is 0 Å². The van der Waals surface area contributed by atoms with Gasteiger partial charge >= 0.3 is 0 Å². The van der Waals surface area contributed by atoms with Gasteiger partial charge in [-0.15, -0.1) is 5.11 Å². The minimum absolute atomic E-state index is 0.422. The van der Waals surface area contributed by atoms with Crippen molar-refractivity contribution in [2.45, 2.75) is 6.17 Å². The summed E-state index contributed by atoms with van der Waals surface area (Å²) in [4.78, 5) is 4.16. The van der Waals surface area contributed by atoms with Crippen LogP contribution in [0.15, 0.2) is 46.9 Å². The van der Waals surface area contributed by atoms with E-state index in [1.807, 2.05) is 35.0 Å². The number of rotatable bonds is 0. The molecule has 0 aliphatic carbocycles. The van der Waals surface area contributed by atoms with Crippen molar-refractivity contribution >= 4 is 5.82 Å². The molecule has 0 saturated heterocycles. The normalized spacial score (nSPS) is 18.1. The maximum Gasteiger partial charge on any atom is 0.198 e. The van der Waals surface area contributed by atoms with Crippen LogP contribution in [0.5, 0.6) is 0 Å². The van der Waals surface area contributed by atoms with Crippen LogP contribution in [-0.4, -0.2) is 9.55 Å². The van der Waals surface area contributed by atoms with Crippen LogP contribution in [0, 0.1) is 0 Å². The molecule has 74 valence electrons. The Bertz CT molecular complexity index is 528. The minimum Gasteiger partial charge on any atom is -0.314 e. The van der Waals surface area contributed by atoms with Crippen LogP contribution >= 0.6 is 0 Å². The van der Waals surface area contributed by atoms with Crippen molar-refractivity contribution in [3.63, 3.8) is 0 Å². The Labute approximate surface area is 86.3 Å². The average Bonchev–Trinajstić information content (AvgIpc) is 2.71. The van der Waals surface area contributed by atoms with Crippen molar-refractivity contribution in [1.82, 2.24) is 9.55 Å². The van der Waals surface area contributed by atoms with Gasteiger partial charge in [-0.3, -0.25) is 0 Å². The fraction of sp³-hybridized carbons (Fsp3) is 0.100. The van der Waals surface area contributed by atoms with Crippen molar-refractivity contribution in [1.29, 1.82) is 0 Å². The summed E-state index contributed by atoms with van der Waals surface area (Å²) < 4.78 is 1.97. The van der Waals surface area contributed by atoms with Gasteiger partial charge in [0.1, 0.15) is 0 Å². The largest absolute Gasteiger partial charge is 0.314 e. The zero-order chi connectivity index (χ0) is 10.3. The number of hydrogen-bond acceptors (Lipinski definition) is 4. The van der Waals surface area contributed by atoms with Gasteiger partial charge in [0.15, 0.2) is 12.0 Å². The first-order chi connectivity index (χ1) is 7.36. The third-order valence-corrected chi connectivity index (χ3v) is 2.39. The summed E-state index contributed by atoms with van der Waals surface area (Å²) in [6.07, 6.45) is 3.21. The van der Waals surface area contributed by atoms with Gasteiger partial charge in [0, 0.05) is 12.4 Å². The first-order valence-corrected chi connectivity index (χ1v) is 4.65. The summed E-state index contributed by atoms with van der Waals surface area (Å²) in [5.74, 6) is 0.600. The van der Waals surface area contributed by atoms with Gasteiger partial charge in [-0.05, 0) is 24.3 Å². The molecule has 15 heavy (non-hydrogen) atoms. The highest BCUT2D eigenvalue weighted by Gasteiger charge is 2.16. The standard InChI is InChI=1S/C10H9N5/c11-9-7-4-2-6-15(7)8-3-1-5-12-10(8)14-13-9/h1-6,9H,11H2. The predicted octanol–water partition coefficient (Wildman–Crippen LogP) is 1.93. The van der Waals surface area contributed by atoms with Crippen LogP contribution in [0.2, 0.25) is 0 Å². The third kappa shape index (κ3) is 1.17. The highest BCUT2D eigenvalue weighted by molar-refractivity contribution is 5.52. The second-order valence-electron chi connectivity index (χ2n) is 3.31. The topological polar surface area (TPSA) is 68.6 Å². The second-order valence-corrected chi connectivity index (χ2v) is 3.31. The summed E-state index contributed by atoms with van der Waals surface area (Å²) >= 11 is 0. The summed E-state index contributed by atoms with van der Waals surface area (Å²) in [7, 11) is 0. The Hall–Kier alpha value is -2.01. The molecule has 0 radical (unpaired) electrons. The molecule has 1 aliphatic rings. The molecule has 3 heterocycles. The molecule has 0 bridgehead atoms. The van der Waals surface area contributed by atoms with Crippen molar-refractivity contribution in [2.75, 3.05) is 0 Å². The SMILES string of the molecule is NC1N=Nc2ncccc2-n2cccc21. The lowest BCUT2D eigenvalue weighted by Gasteiger charge is -2.08. The molecular formula is C10H9N5. The Balaban J connectivity index is 2.33. The molecule has 0 aromatic carbocycles. The average molecular weight is 199 g/mol. The van der Waals surface area contributed by atoms with Gasteiger partial charge in [0.05, 0.1) is 11.4 Å². The van der Waals surface area contributed by atoms with Crippen LogP contribution in [0.3, 0.4) is 0 Å². The molecule has 5 heteroatoms. The van der Waals surface area contributed by atoms with Gasteiger partial charge < -0.3 is 10.3 Å². The molecule has 0 fully saturated rings. The fourth-order valence-corrected chi connectivity index (χ4v) is 1.68. The van der Waals surface area contributed by atoms with Crippen molar-refractivity contribution < 1.29 is 0 Å². The molecule has 5 nitrogen and oxygen atoms in total. The lowest BCUT2D eigenvalue weighted by atomic mass is 10.3. The van der Waals surface area contributed by atoms with Crippen LogP contribution in [0.4, 0.5) is 5.82 Å². The quantitative estimate of drug-likeness (QED) is 0.704. The number of azo groups is 1. The Morgan fingerprint density at radius 2 is 2.20 bits per heavy atom. The maximum atomic E-state index is 5.86. The van der Waals surface area contributed by atoms with Crippen LogP contribution < -0.4 is 5.73 Å². The number of nitrogens with zero attached hydrogens (tertiary/aromatic N) is 4. The van der Waals surface area contributed by atoms with Crippen molar-refractivity contribution in [3.8, 4) is 5.69 Å². The molecular weight excluding hydrogens is 190 g/mol. The Morgan fingerprint density at radius 1 is 1.27 bits per heavy atom. The third-order valence-electron chi connectivity index (χ3n) is 2.39. The van der Waals surface area contributed by atoms with Gasteiger partial charge in [-0.1, -0.05) is 0 Å². The molecule has 1 unspecified atom stereocenters. The first kappa shape index (κ1) is 8.31. The molecule has 2 aromatic heterocycles. The molecule has 1 aliphatic heterocycles. The summed E-state index contributed by atoms with van der Waals surface area (Å²) in [5.41, 5.74) is 7.69. The van der Waals surface area contributed by atoms with Crippen LogP contribution in [0.1, 0.15) is 11.9 Å². The van der Waals surface area contributed by atoms with Crippen LogP contribution in [0.25, 0.3) is 5.69 Å². The van der Waals surface area contributed by atoms with Gasteiger partial charge in [0.2, 0.25) is 0 Å². The lowest BCUT2D eigenvalue weighted by molar-refractivity contribution is 0.696. The number of aromatic nitrogens is 2. The lowest BCUT2D eigenvalue weighted by Crippen LogP contribution is -2.10. The zero-order valence-corrected chi connectivity index (χ0v) is 7.91. The maximum absolute atomic E-state index is 5.86. The van der Waals surface area contributed by atoms with Gasteiger partial charge in [-0.2, -0.15) is 5.11 Å². The van der Waals surface area contributed by atoms with Gasteiger partial charge in [0.25, 0.3) is 0 Å². The monoisotopic (exact) mass is 199 g/mol. The van der Waals surface area contributed by atoms with E-state index < -0.39 is 6.17 Å². The number of nitrogens with two attached hydrogens (primary N) is 1. The molecule has 2 aromatic rings. The molecule has 0 spiro atoms. The van der Waals surface area contributed by atoms with E-state index in [4.69, 9.17) is 5.73 Å². The van der Waals surface area contributed by atoms with E-state index in [9.17, 15) is 0 Å².